The molecule has 0 saturated carbocycles. The summed E-state index contributed by atoms with van der Waals surface area (Å²) in [6.07, 6.45) is -1.70. The molecule has 0 aromatic rings. The van der Waals surface area contributed by atoms with Gasteiger partial charge in [0.15, 0.2) is 6.10 Å². The molecule has 0 heterocycles. The third-order valence-electron chi connectivity index (χ3n) is 1.18. The molecule has 0 aromatic heterocycles. The van der Waals surface area contributed by atoms with Crippen molar-refractivity contribution in [1.82, 2.24) is 5.32 Å². The van der Waals surface area contributed by atoms with Gasteiger partial charge in [0.1, 0.15) is 6.04 Å². The number of carboxylic acids is 1. The molecule has 0 radical (unpaired) electrons. The highest BCUT2D eigenvalue weighted by Crippen LogP contribution is 1.91. The number of carbonyl (C=O) groups excluding carboxylic acids is 1. The Morgan fingerprint density at radius 3 is 2.09 bits per heavy atom. The van der Waals surface area contributed by atoms with Crippen LogP contribution in [0.4, 0.5) is 0 Å². The lowest BCUT2D eigenvalue weighted by molar-refractivity contribution is -0.146. The zero-order valence-corrected chi connectivity index (χ0v) is 5.94. The number of aliphatic hydroxyl groups is 1. The first-order valence-corrected chi connectivity index (χ1v) is 2.88. The number of likely N-dealkylation sites (N-methyl/N-ethyl adjacent to an activating group) is 1. The first-order valence-electron chi connectivity index (χ1n) is 2.88. The summed E-state index contributed by atoms with van der Waals surface area (Å²) in [5.41, 5.74) is 4.66. The standard InChI is InChI=1S/C5H10N2O4/c1-7-2(5(10)11)3(8)4(6)9/h2-3,7-8H,1H3,(H2,6,9)(H,10,11). The average molecular weight is 162 g/mol. The fraction of sp³-hybridized carbons (Fsp3) is 0.600. The van der Waals surface area contributed by atoms with E-state index in [1.165, 1.54) is 7.05 Å². The Morgan fingerprint density at radius 2 is 2.00 bits per heavy atom. The van der Waals surface area contributed by atoms with Crippen LogP contribution in [0.5, 0.6) is 0 Å². The van der Waals surface area contributed by atoms with Gasteiger partial charge in [0.05, 0.1) is 0 Å². The van der Waals surface area contributed by atoms with Crippen LogP contribution >= 0.6 is 0 Å². The predicted octanol–water partition coefficient (Wildman–Crippen LogP) is -2.49. The molecular weight excluding hydrogens is 152 g/mol. The summed E-state index contributed by atoms with van der Waals surface area (Å²) < 4.78 is 0. The Hall–Kier alpha value is -1.14. The van der Waals surface area contributed by atoms with Gasteiger partial charge in [-0.25, -0.2) is 0 Å². The van der Waals surface area contributed by atoms with Crippen molar-refractivity contribution in [3.05, 3.63) is 0 Å². The molecule has 0 saturated heterocycles. The van der Waals surface area contributed by atoms with E-state index < -0.39 is 24.0 Å². The zero-order valence-electron chi connectivity index (χ0n) is 5.94. The van der Waals surface area contributed by atoms with Gasteiger partial charge < -0.3 is 21.3 Å². The number of nitrogens with two attached hydrogens (primary N) is 1. The van der Waals surface area contributed by atoms with Gasteiger partial charge >= 0.3 is 5.97 Å². The molecule has 6 heteroatoms. The van der Waals surface area contributed by atoms with Crippen molar-refractivity contribution >= 4 is 11.9 Å². The number of aliphatic hydroxyl groups excluding tert-OH is 1. The monoisotopic (exact) mass is 162 g/mol. The Balaban J connectivity index is 4.25. The summed E-state index contributed by atoms with van der Waals surface area (Å²) >= 11 is 0. The second-order valence-electron chi connectivity index (χ2n) is 1.95. The van der Waals surface area contributed by atoms with Crippen molar-refractivity contribution in [2.75, 3.05) is 7.05 Å². The summed E-state index contributed by atoms with van der Waals surface area (Å²) in [6, 6.07) is -1.34. The highest BCUT2D eigenvalue weighted by atomic mass is 16.4. The van der Waals surface area contributed by atoms with Crippen molar-refractivity contribution in [2.24, 2.45) is 5.73 Å². The molecule has 1 amide bonds. The number of rotatable bonds is 4. The van der Waals surface area contributed by atoms with Gasteiger partial charge in [-0.05, 0) is 7.05 Å². The molecule has 2 atom stereocenters. The van der Waals surface area contributed by atoms with Crippen molar-refractivity contribution in [1.29, 1.82) is 0 Å². The van der Waals surface area contributed by atoms with Crippen LogP contribution in [0.3, 0.4) is 0 Å². The minimum absolute atomic E-state index is 1.06. The van der Waals surface area contributed by atoms with E-state index in [-0.39, 0.29) is 0 Å². The second kappa shape index (κ2) is 3.89. The highest BCUT2D eigenvalue weighted by Gasteiger charge is 2.28. The van der Waals surface area contributed by atoms with Crippen molar-refractivity contribution < 1.29 is 19.8 Å². The summed E-state index contributed by atoms with van der Waals surface area (Å²) in [4.78, 5) is 20.5. The molecule has 0 rings (SSSR count). The number of amides is 1. The lowest BCUT2D eigenvalue weighted by Gasteiger charge is -2.14. The van der Waals surface area contributed by atoms with E-state index in [4.69, 9.17) is 10.2 Å². The van der Waals surface area contributed by atoms with Crippen LogP contribution < -0.4 is 11.1 Å². The first kappa shape index (κ1) is 9.86. The number of nitrogens with one attached hydrogen (secondary N) is 1. The van der Waals surface area contributed by atoms with Crippen LogP contribution in [0, 0.1) is 0 Å². The molecular formula is C5H10N2O4. The van der Waals surface area contributed by atoms with Gasteiger partial charge in [0.25, 0.3) is 0 Å². The fourth-order valence-corrected chi connectivity index (χ4v) is 0.581. The first-order chi connectivity index (χ1) is 5.00. The summed E-state index contributed by atoms with van der Waals surface area (Å²) in [5.74, 6) is -2.38. The smallest absolute Gasteiger partial charge is 0.323 e. The maximum Gasteiger partial charge on any atom is 0.323 e. The highest BCUT2D eigenvalue weighted by molar-refractivity contribution is 5.87. The quantitative estimate of drug-likeness (QED) is 0.365. The molecule has 2 unspecified atom stereocenters. The Morgan fingerprint density at radius 1 is 1.55 bits per heavy atom. The maximum absolute atomic E-state index is 10.3. The van der Waals surface area contributed by atoms with E-state index in [0.717, 1.165) is 0 Å². The summed E-state index contributed by atoms with van der Waals surface area (Å²) in [5, 5.41) is 19.4. The van der Waals surface area contributed by atoms with Crippen LogP contribution in [0.2, 0.25) is 0 Å². The molecule has 6 nitrogen and oxygen atoms in total. The molecule has 0 fully saturated rings. The Kier molecular flexibility index (Phi) is 3.49. The minimum Gasteiger partial charge on any atom is -0.480 e. The fourth-order valence-electron chi connectivity index (χ4n) is 0.581. The zero-order chi connectivity index (χ0) is 9.02. The maximum atomic E-state index is 10.3. The van der Waals surface area contributed by atoms with E-state index >= 15 is 0 Å². The van der Waals surface area contributed by atoms with Crippen molar-refractivity contribution in [2.45, 2.75) is 12.1 Å². The van der Waals surface area contributed by atoms with Crippen LogP contribution in [0.1, 0.15) is 0 Å². The van der Waals surface area contributed by atoms with Crippen molar-refractivity contribution in [3.63, 3.8) is 0 Å². The third-order valence-corrected chi connectivity index (χ3v) is 1.18. The Bertz CT molecular complexity index is 170. The van der Waals surface area contributed by atoms with Gasteiger partial charge in [0, 0.05) is 0 Å². The second-order valence-corrected chi connectivity index (χ2v) is 1.95. The van der Waals surface area contributed by atoms with E-state index in [2.05, 4.69) is 11.1 Å². The summed E-state index contributed by atoms with van der Waals surface area (Å²) in [6.45, 7) is 0. The number of primary amides is 1. The number of aliphatic carboxylic acids is 1. The molecule has 5 N–H and O–H groups in total. The van der Waals surface area contributed by atoms with Crippen molar-refractivity contribution in [3.8, 4) is 0 Å². The topological polar surface area (TPSA) is 113 Å². The van der Waals surface area contributed by atoms with Crippen LogP contribution in [0.15, 0.2) is 0 Å². The van der Waals surface area contributed by atoms with Gasteiger partial charge in [-0.1, -0.05) is 0 Å². The lowest BCUT2D eigenvalue weighted by Crippen LogP contribution is -2.50. The minimum atomic E-state index is -1.70. The molecule has 0 aliphatic carbocycles. The third kappa shape index (κ3) is 2.52. The van der Waals surface area contributed by atoms with E-state index in [1.54, 1.807) is 0 Å². The molecule has 64 valence electrons. The molecule has 0 aliphatic heterocycles. The predicted molar refractivity (Wildman–Crippen MR) is 35.7 cm³/mol. The molecule has 0 aromatic carbocycles. The average Bonchev–Trinajstić information content (AvgIpc) is 1.88. The van der Waals surface area contributed by atoms with E-state index in [9.17, 15) is 9.59 Å². The lowest BCUT2D eigenvalue weighted by atomic mass is 10.1. The van der Waals surface area contributed by atoms with Crippen LogP contribution in [-0.2, 0) is 9.59 Å². The number of carbonyl (C=O) groups is 2. The summed E-state index contributed by atoms with van der Waals surface area (Å²) in [7, 11) is 1.31. The molecule has 11 heavy (non-hydrogen) atoms. The SMILES string of the molecule is CNC(C(=O)O)C(O)C(N)=O. The normalized spacial score (nSPS) is 15.5. The number of hydrogen-bond donors (Lipinski definition) is 4. The molecule has 0 aliphatic rings. The number of hydrogen-bond acceptors (Lipinski definition) is 4. The molecule has 0 spiro atoms. The number of carboxylic acid groups (broad SMARTS) is 1. The molecule has 0 bridgehead atoms. The van der Waals surface area contributed by atoms with Crippen LogP contribution in [0.25, 0.3) is 0 Å². The van der Waals surface area contributed by atoms with E-state index in [0.29, 0.717) is 0 Å². The van der Waals surface area contributed by atoms with Gasteiger partial charge in [-0.2, -0.15) is 0 Å². The van der Waals surface area contributed by atoms with Gasteiger partial charge in [-0.3, -0.25) is 9.59 Å². The Labute approximate surface area is 63.0 Å². The van der Waals surface area contributed by atoms with Crippen LogP contribution in [-0.4, -0.2) is 41.3 Å². The van der Waals surface area contributed by atoms with Gasteiger partial charge in [0.2, 0.25) is 5.91 Å². The van der Waals surface area contributed by atoms with E-state index in [1.807, 2.05) is 0 Å². The largest absolute Gasteiger partial charge is 0.480 e. The van der Waals surface area contributed by atoms with Gasteiger partial charge in [-0.15, -0.1) is 0 Å².